The molecule has 2 aliphatic rings. The number of phenols is 1. The van der Waals surface area contributed by atoms with Crippen LogP contribution in [0.1, 0.15) is 31.2 Å². The number of benzene rings is 1. The van der Waals surface area contributed by atoms with Gasteiger partial charge in [-0.05, 0) is 62.4 Å². The number of nitrogens with one attached hydrogen (secondary N) is 1. The fourth-order valence-electron chi connectivity index (χ4n) is 3.15. The van der Waals surface area contributed by atoms with Crippen LogP contribution in [0.2, 0.25) is 0 Å². The molecular weight excluding hydrogens is 255 g/mol. The van der Waals surface area contributed by atoms with E-state index < -0.39 is 0 Å². The molecule has 1 aliphatic heterocycles. The molecule has 20 heavy (non-hydrogen) atoms. The molecule has 1 atom stereocenters. The van der Waals surface area contributed by atoms with Gasteiger partial charge in [0.25, 0.3) is 0 Å². The molecule has 0 radical (unpaired) electrons. The van der Waals surface area contributed by atoms with Gasteiger partial charge in [-0.25, -0.2) is 4.39 Å². The predicted octanol–water partition coefficient (Wildman–Crippen LogP) is 2.50. The van der Waals surface area contributed by atoms with E-state index in [-0.39, 0.29) is 11.6 Å². The lowest BCUT2D eigenvalue weighted by atomic mass is 9.98. The van der Waals surface area contributed by atoms with Crippen molar-refractivity contribution in [3.63, 3.8) is 0 Å². The highest BCUT2D eigenvalue weighted by molar-refractivity contribution is 5.28. The Morgan fingerprint density at radius 2 is 2.10 bits per heavy atom. The second kappa shape index (κ2) is 6.10. The molecular formula is C16H23FN2O. The zero-order valence-electron chi connectivity index (χ0n) is 11.8. The molecule has 110 valence electrons. The molecule has 1 heterocycles. The fourth-order valence-corrected chi connectivity index (χ4v) is 3.15. The van der Waals surface area contributed by atoms with Gasteiger partial charge in [-0.15, -0.1) is 0 Å². The monoisotopic (exact) mass is 278 g/mol. The summed E-state index contributed by atoms with van der Waals surface area (Å²) in [5.41, 5.74) is 0.873. The van der Waals surface area contributed by atoms with Crippen LogP contribution in [0.4, 0.5) is 4.39 Å². The fraction of sp³-hybridized carbons (Fsp3) is 0.625. The largest absolute Gasteiger partial charge is 0.508 e. The Labute approximate surface area is 119 Å². The van der Waals surface area contributed by atoms with Gasteiger partial charge in [-0.3, -0.25) is 4.90 Å². The number of piperidine rings is 1. The molecule has 3 rings (SSSR count). The van der Waals surface area contributed by atoms with Gasteiger partial charge in [-0.2, -0.15) is 0 Å². The van der Waals surface area contributed by atoms with E-state index in [0.717, 1.165) is 37.8 Å². The number of phenolic OH excluding ortho intramolecular Hbond substituents is 1. The van der Waals surface area contributed by atoms with Crippen molar-refractivity contribution < 1.29 is 9.50 Å². The Bertz CT molecular complexity index is 436. The first-order chi connectivity index (χ1) is 9.70. The van der Waals surface area contributed by atoms with E-state index in [2.05, 4.69) is 10.2 Å². The molecule has 1 unspecified atom stereocenters. The molecule has 1 saturated heterocycles. The summed E-state index contributed by atoms with van der Waals surface area (Å²) in [4.78, 5) is 2.46. The number of halogens is 1. The first kappa shape index (κ1) is 13.8. The summed E-state index contributed by atoms with van der Waals surface area (Å²) in [6.45, 7) is 4.05. The minimum atomic E-state index is -0.352. The van der Waals surface area contributed by atoms with Crippen LogP contribution < -0.4 is 5.32 Å². The molecule has 4 heteroatoms. The van der Waals surface area contributed by atoms with Crippen LogP contribution in [-0.4, -0.2) is 35.7 Å². The predicted molar refractivity (Wildman–Crippen MR) is 77.1 cm³/mol. The van der Waals surface area contributed by atoms with Gasteiger partial charge < -0.3 is 10.4 Å². The summed E-state index contributed by atoms with van der Waals surface area (Å²) in [5.74, 6) is 0.372. The molecule has 1 aromatic rings. The van der Waals surface area contributed by atoms with Crippen molar-refractivity contribution >= 4 is 0 Å². The smallest absolute Gasteiger partial charge is 0.127 e. The van der Waals surface area contributed by atoms with Crippen molar-refractivity contribution in [2.75, 3.05) is 19.6 Å². The maximum Gasteiger partial charge on any atom is 0.127 e. The minimum absolute atomic E-state index is 0.0232. The third kappa shape index (κ3) is 3.70. The highest BCUT2D eigenvalue weighted by atomic mass is 19.1. The Morgan fingerprint density at radius 1 is 1.25 bits per heavy atom. The van der Waals surface area contributed by atoms with E-state index >= 15 is 0 Å². The van der Waals surface area contributed by atoms with Crippen LogP contribution in [-0.2, 0) is 6.54 Å². The van der Waals surface area contributed by atoms with E-state index in [9.17, 15) is 9.50 Å². The molecule has 1 aromatic carbocycles. The minimum Gasteiger partial charge on any atom is -0.508 e. The molecule has 0 amide bonds. The molecule has 1 aliphatic carbocycles. The van der Waals surface area contributed by atoms with Crippen molar-refractivity contribution in [3.8, 4) is 5.75 Å². The summed E-state index contributed by atoms with van der Waals surface area (Å²) < 4.78 is 13.4. The molecule has 2 fully saturated rings. The van der Waals surface area contributed by atoms with Crippen LogP contribution in [0, 0.1) is 11.7 Å². The van der Waals surface area contributed by atoms with E-state index in [1.165, 1.54) is 31.7 Å². The second-order valence-corrected chi connectivity index (χ2v) is 6.19. The lowest BCUT2D eigenvalue weighted by Gasteiger charge is -2.30. The molecule has 1 saturated carbocycles. The van der Waals surface area contributed by atoms with E-state index in [1.54, 1.807) is 6.07 Å². The zero-order valence-corrected chi connectivity index (χ0v) is 11.8. The maximum absolute atomic E-state index is 13.4. The quantitative estimate of drug-likeness (QED) is 0.868. The van der Waals surface area contributed by atoms with Gasteiger partial charge in [-0.1, -0.05) is 0 Å². The zero-order chi connectivity index (χ0) is 13.9. The summed E-state index contributed by atoms with van der Waals surface area (Å²) in [5, 5.41) is 13.0. The first-order valence-corrected chi connectivity index (χ1v) is 7.64. The molecule has 0 spiro atoms. The average Bonchev–Trinajstić information content (AvgIpc) is 3.22. The lowest BCUT2D eigenvalue weighted by molar-refractivity contribution is 0.192. The van der Waals surface area contributed by atoms with Crippen LogP contribution in [0.5, 0.6) is 5.75 Å². The number of nitrogens with zero attached hydrogens (tertiary/aromatic N) is 1. The summed E-state index contributed by atoms with van der Waals surface area (Å²) in [7, 11) is 0. The maximum atomic E-state index is 13.4. The third-order valence-electron chi connectivity index (χ3n) is 4.28. The SMILES string of the molecule is Oc1cc(F)cc(CN(CC2CCCNC2)C2CC2)c1. The average molecular weight is 278 g/mol. The van der Waals surface area contributed by atoms with Gasteiger partial charge in [0.2, 0.25) is 0 Å². The van der Waals surface area contributed by atoms with Crippen LogP contribution in [0.3, 0.4) is 0 Å². The highest BCUT2D eigenvalue weighted by Crippen LogP contribution is 2.30. The van der Waals surface area contributed by atoms with Crippen molar-refractivity contribution in [1.82, 2.24) is 10.2 Å². The number of hydrogen-bond acceptors (Lipinski definition) is 3. The summed E-state index contributed by atoms with van der Waals surface area (Å²) >= 11 is 0. The summed E-state index contributed by atoms with van der Waals surface area (Å²) in [6.07, 6.45) is 5.04. The van der Waals surface area contributed by atoms with E-state index in [1.807, 2.05) is 0 Å². The lowest BCUT2D eigenvalue weighted by Crippen LogP contribution is -2.39. The Kier molecular flexibility index (Phi) is 4.22. The molecule has 2 N–H and O–H groups in total. The van der Waals surface area contributed by atoms with Crippen molar-refractivity contribution in [2.45, 2.75) is 38.3 Å². The Morgan fingerprint density at radius 3 is 2.75 bits per heavy atom. The first-order valence-electron chi connectivity index (χ1n) is 7.64. The van der Waals surface area contributed by atoms with Crippen LogP contribution >= 0.6 is 0 Å². The van der Waals surface area contributed by atoms with Gasteiger partial charge in [0.15, 0.2) is 0 Å². The van der Waals surface area contributed by atoms with E-state index in [4.69, 9.17) is 0 Å². The standard InChI is InChI=1S/C16H23FN2O/c17-14-6-13(7-16(20)8-14)11-19(15-3-4-15)10-12-2-1-5-18-9-12/h6-8,12,15,18,20H,1-5,9-11H2. The normalized spacial score (nSPS) is 23.2. The third-order valence-corrected chi connectivity index (χ3v) is 4.28. The van der Waals surface area contributed by atoms with Crippen LogP contribution in [0.25, 0.3) is 0 Å². The van der Waals surface area contributed by atoms with Gasteiger partial charge in [0.05, 0.1) is 0 Å². The van der Waals surface area contributed by atoms with Crippen molar-refractivity contribution in [2.24, 2.45) is 5.92 Å². The molecule has 0 aromatic heterocycles. The van der Waals surface area contributed by atoms with Gasteiger partial charge in [0.1, 0.15) is 11.6 Å². The Balaban J connectivity index is 1.64. The highest BCUT2D eigenvalue weighted by Gasteiger charge is 2.31. The summed E-state index contributed by atoms with van der Waals surface area (Å²) in [6, 6.07) is 5.03. The van der Waals surface area contributed by atoms with Gasteiger partial charge in [0, 0.05) is 25.2 Å². The number of rotatable bonds is 5. The second-order valence-electron chi connectivity index (χ2n) is 6.19. The van der Waals surface area contributed by atoms with Crippen molar-refractivity contribution in [1.29, 1.82) is 0 Å². The van der Waals surface area contributed by atoms with Crippen molar-refractivity contribution in [3.05, 3.63) is 29.6 Å². The van der Waals surface area contributed by atoms with Crippen LogP contribution in [0.15, 0.2) is 18.2 Å². The number of hydrogen-bond donors (Lipinski definition) is 2. The van der Waals surface area contributed by atoms with Gasteiger partial charge >= 0.3 is 0 Å². The number of aromatic hydroxyl groups is 1. The topological polar surface area (TPSA) is 35.5 Å². The molecule has 3 nitrogen and oxygen atoms in total. The molecule has 0 bridgehead atoms. The van der Waals surface area contributed by atoms with E-state index in [0.29, 0.717) is 12.0 Å². The Hall–Kier alpha value is -1.13.